The van der Waals surface area contributed by atoms with Gasteiger partial charge in [0.25, 0.3) is 0 Å². The standard InChI is InChI=1S/C16H26ClNO2/c1-4-19-10-8-18(9-11-20-5-2)16-7-6-14(3)12-15(16)13-17/h6-7,12H,4-5,8-11,13H2,1-3H3. The molecule has 0 saturated heterocycles. The molecule has 3 nitrogen and oxygen atoms in total. The summed E-state index contributed by atoms with van der Waals surface area (Å²) in [5.74, 6) is 0.525. The third-order valence-electron chi connectivity index (χ3n) is 3.14. The van der Waals surface area contributed by atoms with Crippen LogP contribution < -0.4 is 4.90 Å². The minimum absolute atomic E-state index is 0.525. The first-order chi connectivity index (χ1) is 9.72. The average molecular weight is 300 g/mol. The average Bonchev–Trinajstić information content (AvgIpc) is 2.46. The van der Waals surface area contributed by atoms with Gasteiger partial charge in [-0.15, -0.1) is 11.6 Å². The van der Waals surface area contributed by atoms with Gasteiger partial charge in [0.1, 0.15) is 0 Å². The maximum Gasteiger partial charge on any atom is 0.0641 e. The summed E-state index contributed by atoms with van der Waals surface area (Å²) in [6.07, 6.45) is 0. The van der Waals surface area contributed by atoms with Crippen LogP contribution in [0.3, 0.4) is 0 Å². The third kappa shape index (κ3) is 5.70. The molecule has 0 aliphatic rings. The Kier molecular flexibility index (Phi) is 8.67. The van der Waals surface area contributed by atoms with Gasteiger partial charge < -0.3 is 14.4 Å². The summed E-state index contributed by atoms with van der Waals surface area (Å²) in [6.45, 7) is 10.8. The van der Waals surface area contributed by atoms with Gasteiger partial charge in [-0.05, 0) is 32.4 Å². The first kappa shape index (κ1) is 17.3. The number of hydrogen-bond acceptors (Lipinski definition) is 3. The fourth-order valence-electron chi connectivity index (χ4n) is 2.12. The van der Waals surface area contributed by atoms with Gasteiger partial charge in [-0.25, -0.2) is 0 Å². The second-order valence-corrected chi connectivity index (χ2v) is 4.91. The molecule has 0 aromatic heterocycles. The normalized spacial score (nSPS) is 10.8. The molecule has 1 rings (SSSR count). The molecule has 4 heteroatoms. The molecule has 0 radical (unpaired) electrons. The van der Waals surface area contributed by atoms with E-state index in [2.05, 4.69) is 30.0 Å². The number of benzene rings is 1. The molecule has 0 N–H and O–H groups in total. The van der Waals surface area contributed by atoms with Crippen LogP contribution in [0.2, 0.25) is 0 Å². The van der Waals surface area contributed by atoms with Gasteiger partial charge in [0.2, 0.25) is 0 Å². The molecule has 114 valence electrons. The first-order valence-electron chi connectivity index (χ1n) is 7.28. The predicted octanol–water partition coefficient (Wildman–Crippen LogP) is 3.61. The summed E-state index contributed by atoms with van der Waals surface area (Å²) in [5, 5.41) is 0. The van der Waals surface area contributed by atoms with E-state index in [4.69, 9.17) is 21.1 Å². The Morgan fingerprint density at radius 1 is 1.05 bits per heavy atom. The number of halogens is 1. The van der Waals surface area contributed by atoms with Gasteiger partial charge in [0.05, 0.1) is 13.2 Å². The van der Waals surface area contributed by atoms with Crippen LogP contribution in [0.4, 0.5) is 5.69 Å². The molecule has 0 aliphatic heterocycles. The first-order valence-corrected chi connectivity index (χ1v) is 7.82. The summed E-state index contributed by atoms with van der Waals surface area (Å²) in [7, 11) is 0. The molecule has 1 aromatic carbocycles. The Bertz CT molecular complexity index is 375. The lowest BCUT2D eigenvalue weighted by atomic mass is 10.1. The molecule has 0 amide bonds. The van der Waals surface area contributed by atoms with Crippen molar-refractivity contribution in [2.75, 3.05) is 44.4 Å². The number of alkyl halides is 1. The Morgan fingerprint density at radius 3 is 2.15 bits per heavy atom. The molecule has 20 heavy (non-hydrogen) atoms. The van der Waals surface area contributed by atoms with E-state index < -0.39 is 0 Å². The minimum Gasteiger partial charge on any atom is -0.380 e. The highest BCUT2D eigenvalue weighted by Crippen LogP contribution is 2.23. The van der Waals surface area contributed by atoms with Crippen molar-refractivity contribution in [2.24, 2.45) is 0 Å². The van der Waals surface area contributed by atoms with Crippen molar-refractivity contribution in [3.8, 4) is 0 Å². The highest BCUT2D eigenvalue weighted by molar-refractivity contribution is 6.17. The van der Waals surface area contributed by atoms with Gasteiger partial charge in [-0.2, -0.15) is 0 Å². The van der Waals surface area contributed by atoms with E-state index in [9.17, 15) is 0 Å². The Balaban J connectivity index is 2.78. The Hall–Kier alpha value is -0.770. The van der Waals surface area contributed by atoms with Crippen LogP contribution in [-0.4, -0.2) is 39.5 Å². The van der Waals surface area contributed by atoms with Crippen LogP contribution in [-0.2, 0) is 15.4 Å². The smallest absolute Gasteiger partial charge is 0.0641 e. The molecule has 0 heterocycles. The van der Waals surface area contributed by atoms with Crippen LogP contribution >= 0.6 is 11.6 Å². The summed E-state index contributed by atoms with van der Waals surface area (Å²) in [5.41, 5.74) is 3.59. The van der Waals surface area contributed by atoms with Crippen molar-refractivity contribution < 1.29 is 9.47 Å². The van der Waals surface area contributed by atoms with Crippen LogP contribution in [0.25, 0.3) is 0 Å². The van der Waals surface area contributed by atoms with Gasteiger partial charge in [0, 0.05) is 37.9 Å². The Morgan fingerprint density at radius 2 is 1.65 bits per heavy atom. The lowest BCUT2D eigenvalue weighted by Gasteiger charge is -2.27. The number of ether oxygens (including phenoxy) is 2. The highest BCUT2D eigenvalue weighted by Gasteiger charge is 2.11. The van der Waals surface area contributed by atoms with Crippen molar-refractivity contribution in [3.63, 3.8) is 0 Å². The molecule has 0 saturated carbocycles. The zero-order valence-corrected chi connectivity index (χ0v) is 13.6. The van der Waals surface area contributed by atoms with Gasteiger partial charge in [0.15, 0.2) is 0 Å². The molecule has 0 unspecified atom stereocenters. The van der Waals surface area contributed by atoms with Crippen molar-refractivity contribution in [2.45, 2.75) is 26.7 Å². The van der Waals surface area contributed by atoms with Crippen molar-refractivity contribution in [1.82, 2.24) is 0 Å². The fraction of sp³-hybridized carbons (Fsp3) is 0.625. The molecule has 0 atom stereocenters. The monoisotopic (exact) mass is 299 g/mol. The van der Waals surface area contributed by atoms with E-state index in [-0.39, 0.29) is 0 Å². The zero-order valence-electron chi connectivity index (χ0n) is 12.8. The minimum atomic E-state index is 0.525. The Labute approximate surface area is 127 Å². The predicted molar refractivity (Wildman–Crippen MR) is 85.9 cm³/mol. The molecule has 0 fully saturated rings. The van der Waals surface area contributed by atoms with Crippen LogP contribution in [0.5, 0.6) is 0 Å². The second-order valence-electron chi connectivity index (χ2n) is 4.65. The number of rotatable bonds is 10. The summed E-state index contributed by atoms with van der Waals surface area (Å²) in [6, 6.07) is 6.42. The van der Waals surface area contributed by atoms with E-state index in [0.29, 0.717) is 5.88 Å². The van der Waals surface area contributed by atoms with Crippen molar-refractivity contribution in [3.05, 3.63) is 29.3 Å². The number of hydrogen-bond donors (Lipinski definition) is 0. The summed E-state index contributed by atoms with van der Waals surface area (Å²) in [4.78, 5) is 2.29. The molecule has 0 bridgehead atoms. The zero-order chi connectivity index (χ0) is 14.8. The topological polar surface area (TPSA) is 21.7 Å². The largest absolute Gasteiger partial charge is 0.380 e. The third-order valence-corrected chi connectivity index (χ3v) is 3.43. The summed E-state index contributed by atoms with van der Waals surface area (Å²) < 4.78 is 10.9. The SMILES string of the molecule is CCOCCN(CCOCC)c1ccc(C)cc1CCl. The van der Waals surface area contributed by atoms with Crippen LogP contribution in [0.1, 0.15) is 25.0 Å². The van der Waals surface area contributed by atoms with E-state index >= 15 is 0 Å². The van der Waals surface area contributed by atoms with Crippen molar-refractivity contribution in [1.29, 1.82) is 0 Å². The lowest BCUT2D eigenvalue weighted by Crippen LogP contribution is -2.31. The van der Waals surface area contributed by atoms with E-state index in [1.165, 1.54) is 16.8 Å². The summed E-state index contributed by atoms with van der Waals surface area (Å²) >= 11 is 6.08. The lowest BCUT2D eigenvalue weighted by molar-refractivity contribution is 0.141. The van der Waals surface area contributed by atoms with Crippen LogP contribution in [0, 0.1) is 6.92 Å². The molecule has 0 spiro atoms. The number of aryl methyl sites for hydroxylation is 1. The van der Waals surface area contributed by atoms with E-state index in [1.54, 1.807) is 0 Å². The van der Waals surface area contributed by atoms with E-state index in [1.807, 2.05) is 13.8 Å². The van der Waals surface area contributed by atoms with E-state index in [0.717, 1.165) is 39.5 Å². The van der Waals surface area contributed by atoms with Crippen molar-refractivity contribution >= 4 is 17.3 Å². The second kappa shape index (κ2) is 10.0. The molecular weight excluding hydrogens is 274 g/mol. The van der Waals surface area contributed by atoms with Gasteiger partial charge in [-0.3, -0.25) is 0 Å². The molecule has 1 aromatic rings. The maximum absolute atomic E-state index is 6.08. The maximum atomic E-state index is 6.08. The van der Waals surface area contributed by atoms with Crippen LogP contribution in [0.15, 0.2) is 18.2 Å². The highest BCUT2D eigenvalue weighted by atomic mass is 35.5. The number of anilines is 1. The molecule has 0 aliphatic carbocycles. The molecular formula is C16H26ClNO2. The van der Waals surface area contributed by atoms with Gasteiger partial charge in [-0.1, -0.05) is 17.7 Å². The number of nitrogens with zero attached hydrogens (tertiary/aromatic N) is 1. The van der Waals surface area contributed by atoms with Gasteiger partial charge >= 0.3 is 0 Å². The fourth-order valence-corrected chi connectivity index (χ4v) is 2.33. The quantitative estimate of drug-likeness (QED) is 0.486.